The molecule has 0 spiro atoms. The maximum atomic E-state index is 11.7. The maximum absolute atomic E-state index is 11.7. The molecule has 0 aliphatic carbocycles. The highest BCUT2D eigenvalue weighted by Gasteiger charge is 2.10. The SMILES string of the molecule is O=C(C[n+]1cccc(O)c1)Nc1cccc(Cl)c1. The molecular weight excluding hydrogens is 252 g/mol. The van der Waals surface area contributed by atoms with E-state index in [0.717, 1.165) is 0 Å². The molecule has 2 rings (SSSR count). The Morgan fingerprint density at radius 2 is 2.17 bits per heavy atom. The fourth-order valence-corrected chi connectivity index (χ4v) is 1.73. The average Bonchev–Trinajstić information content (AvgIpc) is 2.28. The number of carbonyl (C=O) groups is 1. The van der Waals surface area contributed by atoms with E-state index in [4.69, 9.17) is 11.6 Å². The molecule has 2 N–H and O–H groups in total. The van der Waals surface area contributed by atoms with Crippen molar-refractivity contribution < 1.29 is 14.5 Å². The number of halogens is 1. The van der Waals surface area contributed by atoms with Crippen molar-refractivity contribution in [2.24, 2.45) is 0 Å². The summed E-state index contributed by atoms with van der Waals surface area (Å²) >= 11 is 5.82. The Kier molecular flexibility index (Phi) is 3.79. The van der Waals surface area contributed by atoms with Crippen LogP contribution in [0, 0.1) is 0 Å². The molecule has 0 saturated carbocycles. The fraction of sp³-hybridized carbons (Fsp3) is 0.0769. The van der Waals surface area contributed by atoms with Crippen LogP contribution in [0.2, 0.25) is 5.02 Å². The highest BCUT2D eigenvalue weighted by Crippen LogP contribution is 2.14. The van der Waals surface area contributed by atoms with E-state index in [1.165, 1.54) is 6.20 Å². The smallest absolute Gasteiger partial charge is 0.290 e. The van der Waals surface area contributed by atoms with Gasteiger partial charge in [-0.1, -0.05) is 17.7 Å². The third kappa shape index (κ3) is 3.46. The van der Waals surface area contributed by atoms with Gasteiger partial charge in [-0.25, -0.2) is 0 Å². The van der Waals surface area contributed by atoms with Crippen LogP contribution in [0.15, 0.2) is 48.8 Å². The van der Waals surface area contributed by atoms with Gasteiger partial charge in [-0.3, -0.25) is 4.79 Å². The Bertz CT molecular complexity index is 523. The van der Waals surface area contributed by atoms with E-state index >= 15 is 0 Å². The third-order valence-corrected chi connectivity index (χ3v) is 2.51. The predicted octanol–water partition coefficient (Wildman–Crippen LogP) is 1.97. The van der Waals surface area contributed by atoms with Gasteiger partial charge in [0, 0.05) is 16.8 Å². The number of nitrogens with zero attached hydrogens (tertiary/aromatic N) is 1. The second-order valence-corrected chi connectivity index (χ2v) is 4.23. The summed E-state index contributed by atoms with van der Waals surface area (Å²) in [5.74, 6) is -0.0686. The lowest BCUT2D eigenvalue weighted by molar-refractivity contribution is -0.684. The van der Waals surface area contributed by atoms with Gasteiger partial charge in [0.1, 0.15) is 0 Å². The van der Waals surface area contributed by atoms with E-state index in [1.807, 2.05) is 0 Å². The van der Waals surface area contributed by atoms with Crippen LogP contribution >= 0.6 is 11.6 Å². The topological polar surface area (TPSA) is 53.2 Å². The van der Waals surface area contributed by atoms with Crippen LogP contribution in [-0.4, -0.2) is 11.0 Å². The van der Waals surface area contributed by atoms with Crippen LogP contribution in [-0.2, 0) is 11.3 Å². The van der Waals surface area contributed by atoms with Gasteiger partial charge in [0.25, 0.3) is 5.91 Å². The number of hydrogen-bond donors (Lipinski definition) is 2. The van der Waals surface area contributed by atoms with Gasteiger partial charge in [-0.05, 0) is 24.3 Å². The average molecular weight is 264 g/mol. The standard InChI is InChI=1S/C13H11ClN2O2/c14-10-3-1-4-11(7-10)15-13(18)9-16-6-2-5-12(17)8-16/h1-8H,9H2,(H-,15,17,18)/p+1. The first kappa shape index (κ1) is 12.4. The van der Waals surface area contributed by atoms with Crippen LogP contribution in [0.5, 0.6) is 5.75 Å². The zero-order chi connectivity index (χ0) is 13.0. The zero-order valence-electron chi connectivity index (χ0n) is 9.51. The lowest BCUT2D eigenvalue weighted by Crippen LogP contribution is -2.39. The number of amides is 1. The van der Waals surface area contributed by atoms with E-state index in [9.17, 15) is 9.90 Å². The predicted molar refractivity (Wildman–Crippen MR) is 68.4 cm³/mol. The molecule has 18 heavy (non-hydrogen) atoms. The Hall–Kier alpha value is -2.07. The van der Waals surface area contributed by atoms with Crippen molar-refractivity contribution in [1.29, 1.82) is 0 Å². The number of aromatic nitrogens is 1. The van der Waals surface area contributed by atoms with Gasteiger partial charge >= 0.3 is 0 Å². The minimum Gasteiger partial charge on any atom is -0.503 e. The first-order valence-electron chi connectivity index (χ1n) is 5.37. The molecule has 0 radical (unpaired) electrons. The van der Waals surface area contributed by atoms with E-state index < -0.39 is 0 Å². The normalized spacial score (nSPS) is 10.1. The highest BCUT2D eigenvalue weighted by atomic mass is 35.5. The number of benzene rings is 1. The number of aromatic hydroxyl groups is 1. The molecule has 0 aliphatic heterocycles. The van der Waals surface area contributed by atoms with Gasteiger partial charge in [-0.2, -0.15) is 4.57 Å². The Morgan fingerprint density at radius 1 is 1.33 bits per heavy atom. The summed E-state index contributed by atoms with van der Waals surface area (Å²) in [4.78, 5) is 11.7. The van der Waals surface area contributed by atoms with E-state index in [-0.39, 0.29) is 18.2 Å². The second kappa shape index (κ2) is 5.51. The quantitative estimate of drug-likeness (QED) is 0.832. The molecule has 0 saturated heterocycles. The van der Waals surface area contributed by atoms with Crippen LogP contribution in [0.1, 0.15) is 0 Å². The van der Waals surface area contributed by atoms with E-state index in [0.29, 0.717) is 10.7 Å². The molecule has 0 unspecified atom stereocenters. The van der Waals surface area contributed by atoms with Gasteiger partial charge in [0.15, 0.2) is 11.9 Å². The molecule has 1 aromatic carbocycles. The number of hydrogen-bond acceptors (Lipinski definition) is 2. The monoisotopic (exact) mass is 263 g/mol. The summed E-state index contributed by atoms with van der Waals surface area (Å²) < 4.78 is 1.59. The van der Waals surface area contributed by atoms with Crippen molar-refractivity contribution >= 4 is 23.2 Å². The highest BCUT2D eigenvalue weighted by molar-refractivity contribution is 6.30. The van der Waals surface area contributed by atoms with Crippen LogP contribution in [0.4, 0.5) is 5.69 Å². The lowest BCUT2D eigenvalue weighted by atomic mass is 10.3. The molecule has 4 nitrogen and oxygen atoms in total. The minimum atomic E-state index is -0.187. The van der Waals surface area contributed by atoms with Crippen molar-refractivity contribution in [3.63, 3.8) is 0 Å². The molecule has 1 aromatic heterocycles. The Balaban J connectivity index is 2.01. The number of rotatable bonds is 3. The first-order chi connectivity index (χ1) is 8.63. The van der Waals surface area contributed by atoms with Crippen molar-refractivity contribution in [2.45, 2.75) is 6.54 Å². The van der Waals surface area contributed by atoms with E-state index in [1.54, 1.807) is 47.2 Å². The number of pyridine rings is 1. The molecule has 92 valence electrons. The van der Waals surface area contributed by atoms with Crippen molar-refractivity contribution in [3.05, 3.63) is 53.8 Å². The summed E-state index contributed by atoms with van der Waals surface area (Å²) in [6.07, 6.45) is 3.19. The summed E-state index contributed by atoms with van der Waals surface area (Å²) in [6.45, 7) is 0.126. The fourth-order valence-electron chi connectivity index (χ4n) is 1.54. The maximum Gasteiger partial charge on any atom is 0.290 e. The molecule has 0 fully saturated rings. The Labute approximate surface area is 109 Å². The van der Waals surface area contributed by atoms with Crippen LogP contribution in [0.25, 0.3) is 0 Å². The van der Waals surface area contributed by atoms with Gasteiger partial charge in [-0.15, -0.1) is 0 Å². The lowest BCUT2D eigenvalue weighted by Gasteiger charge is -2.03. The summed E-state index contributed by atoms with van der Waals surface area (Å²) in [5, 5.41) is 12.6. The molecule has 0 atom stereocenters. The van der Waals surface area contributed by atoms with Crippen molar-refractivity contribution in [1.82, 2.24) is 0 Å². The summed E-state index contributed by atoms with van der Waals surface area (Å²) in [5.41, 5.74) is 0.647. The molecule has 0 aliphatic rings. The molecule has 1 amide bonds. The first-order valence-corrected chi connectivity index (χ1v) is 5.75. The van der Waals surface area contributed by atoms with Crippen LogP contribution < -0.4 is 9.88 Å². The Morgan fingerprint density at radius 3 is 2.89 bits per heavy atom. The minimum absolute atomic E-state index is 0.119. The number of anilines is 1. The van der Waals surface area contributed by atoms with Crippen molar-refractivity contribution in [3.8, 4) is 5.75 Å². The third-order valence-electron chi connectivity index (χ3n) is 2.28. The van der Waals surface area contributed by atoms with Gasteiger partial charge in [0.2, 0.25) is 12.7 Å². The molecule has 2 aromatic rings. The zero-order valence-corrected chi connectivity index (χ0v) is 10.3. The van der Waals surface area contributed by atoms with Gasteiger partial charge in [0.05, 0.1) is 0 Å². The van der Waals surface area contributed by atoms with Gasteiger partial charge < -0.3 is 10.4 Å². The number of carbonyl (C=O) groups excluding carboxylic acids is 1. The molecule has 0 bridgehead atoms. The molecule has 1 heterocycles. The second-order valence-electron chi connectivity index (χ2n) is 3.79. The number of nitrogens with one attached hydrogen (secondary N) is 1. The molecule has 5 heteroatoms. The van der Waals surface area contributed by atoms with E-state index in [2.05, 4.69) is 5.32 Å². The molecular formula is C13H12ClN2O2+. The van der Waals surface area contributed by atoms with Crippen molar-refractivity contribution in [2.75, 3.05) is 5.32 Å². The summed E-state index contributed by atoms with van der Waals surface area (Å²) in [7, 11) is 0. The van der Waals surface area contributed by atoms with Crippen LogP contribution in [0.3, 0.4) is 0 Å². The summed E-state index contributed by atoms with van der Waals surface area (Å²) in [6, 6.07) is 10.2. The largest absolute Gasteiger partial charge is 0.503 e.